The SMILES string of the molecule is C1CN1.NC(=O)O. The Morgan fingerprint density at radius 3 is 1.86 bits per heavy atom. The van der Waals surface area contributed by atoms with Crippen LogP contribution >= 0.6 is 0 Å². The van der Waals surface area contributed by atoms with E-state index in [9.17, 15) is 0 Å². The molecule has 0 bridgehead atoms. The van der Waals surface area contributed by atoms with Crippen LogP contribution in [-0.4, -0.2) is 24.3 Å². The summed E-state index contributed by atoms with van der Waals surface area (Å²) in [7, 11) is 0. The number of carboxylic acid groups (broad SMARTS) is 1. The maximum atomic E-state index is 8.78. The highest BCUT2D eigenvalue weighted by atomic mass is 16.4. The molecule has 0 aromatic rings. The van der Waals surface area contributed by atoms with E-state index in [-0.39, 0.29) is 0 Å². The van der Waals surface area contributed by atoms with Gasteiger partial charge < -0.3 is 16.2 Å². The monoisotopic (exact) mass is 104 g/mol. The van der Waals surface area contributed by atoms with Gasteiger partial charge in [0.25, 0.3) is 0 Å². The molecule has 1 aliphatic rings. The van der Waals surface area contributed by atoms with E-state index in [1.54, 1.807) is 0 Å². The number of rotatable bonds is 0. The smallest absolute Gasteiger partial charge is 0.402 e. The van der Waals surface area contributed by atoms with Crippen LogP contribution < -0.4 is 11.1 Å². The van der Waals surface area contributed by atoms with Crippen LogP contribution in [0.1, 0.15) is 0 Å². The number of carbonyl (C=O) groups is 1. The third-order valence-corrected chi connectivity index (χ3v) is 0.250. The summed E-state index contributed by atoms with van der Waals surface area (Å²) in [6.45, 7) is 2.50. The van der Waals surface area contributed by atoms with Gasteiger partial charge in [-0.15, -0.1) is 0 Å². The van der Waals surface area contributed by atoms with Gasteiger partial charge in [0.05, 0.1) is 0 Å². The second-order valence-electron chi connectivity index (χ2n) is 1.09. The number of amides is 1. The standard InChI is InChI=1S/C2H5N.CH3NO2/c1-2-3-1;2-1(3)4/h3H,1-2H2;2H2,(H,3,4). The van der Waals surface area contributed by atoms with E-state index < -0.39 is 6.09 Å². The fourth-order valence-electron chi connectivity index (χ4n) is 0. The van der Waals surface area contributed by atoms with Crippen molar-refractivity contribution >= 4 is 6.09 Å². The Morgan fingerprint density at radius 1 is 1.71 bits per heavy atom. The summed E-state index contributed by atoms with van der Waals surface area (Å²) in [4.78, 5) is 8.78. The molecular weight excluding hydrogens is 96.0 g/mol. The van der Waals surface area contributed by atoms with E-state index in [0.717, 1.165) is 0 Å². The molecule has 4 N–H and O–H groups in total. The van der Waals surface area contributed by atoms with Crippen LogP contribution in [0.2, 0.25) is 0 Å². The molecule has 0 aromatic heterocycles. The topological polar surface area (TPSA) is 85.3 Å². The fourth-order valence-corrected chi connectivity index (χ4v) is 0. The van der Waals surface area contributed by atoms with E-state index in [2.05, 4.69) is 11.1 Å². The lowest BCUT2D eigenvalue weighted by Gasteiger charge is -1.61. The van der Waals surface area contributed by atoms with Crippen LogP contribution in [-0.2, 0) is 0 Å². The van der Waals surface area contributed by atoms with E-state index in [4.69, 9.17) is 9.90 Å². The number of hydrogen-bond acceptors (Lipinski definition) is 2. The predicted molar refractivity (Wildman–Crippen MR) is 25.1 cm³/mol. The Kier molecular flexibility index (Phi) is 3.04. The van der Waals surface area contributed by atoms with Crippen molar-refractivity contribution in [3.8, 4) is 0 Å². The number of nitrogens with two attached hydrogens (primary N) is 1. The second-order valence-corrected chi connectivity index (χ2v) is 1.09. The van der Waals surface area contributed by atoms with Crippen molar-refractivity contribution in [2.45, 2.75) is 0 Å². The van der Waals surface area contributed by atoms with E-state index in [0.29, 0.717) is 0 Å². The third kappa shape index (κ3) is 1030. The summed E-state index contributed by atoms with van der Waals surface area (Å²) >= 11 is 0. The van der Waals surface area contributed by atoms with Crippen LogP contribution in [0.3, 0.4) is 0 Å². The lowest BCUT2D eigenvalue weighted by Crippen LogP contribution is -2.03. The Balaban J connectivity index is 0.000000105. The molecule has 0 saturated carbocycles. The molecule has 1 heterocycles. The summed E-state index contributed by atoms with van der Waals surface area (Å²) in [6.07, 6.45) is -1.33. The molecule has 1 amide bonds. The molecule has 4 heteroatoms. The van der Waals surface area contributed by atoms with Gasteiger partial charge in [-0.25, -0.2) is 4.79 Å². The number of hydrogen-bond donors (Lipinski definition) is 3. The van der Waals surface area contributed by atoms with Crippen molar-refractivity contribution in [1.29, 1.82) is 0 Å². The van der Waals surface area contributed by atoms with Crippen LogP contribution in [0.15, 0.2) is 0 Å². The van der Waals surface area contributed by atoms with Gasteiger partial charge in [-0.05, 0) is 0 Å². The Morgan fingerprint density at radius 2 is 1.86 bits per heavy atom. The summed E-state index contributed by atoms with van der Waals surface area (Å²) in [5.74, 6) is 0. The van der Waals surface area contributed by atoms with Crippen molar-refractivity contribution in [2.75, 3.05) is 13.1 Å². The summed E-state index contributed by atoms with van der Waals surface area (Å²) in [5.41, 5.74) is 4.03. The molecule has 1 rings (SSSR count). The Labute approximate surface area is 41.3 Å². The van der Waals surface area contributed by atoms with Crippen molar-refractivity contribution in [3.05, 3.63) is 0 Å². The summed E-state index contributed by atoms with van der Waals surface area (Å²) in [5, 5.41) is 10.2. The van der Waals surface area contributed by atoms with Crippen LogP contribution in [0, 0.1) is 0 Å². The second kappa shape index (κ2) is 3.42. The number of primary amides is 1. The van der Waals surface area contributed by atoms with Crippen molar-refractivity contribution in [2.24, 2.45) is 5.73 Å². The maximum Gasteiger partial charge on any atom is 0.402 e. The fraction of sp³-hybridized carbons (Fsp3) is 0.667. The van der Waals surface area contributed by atoms with Crippen molar-refractivity contribution in [3.63, 3.8) is 0 Å². The molecule has 1 aliphatic heterocycles. The summed E-state index contributed by atoms with van der Waals surface area (Å²) < 4.78 is 0. The molecule has 0 aliphatic carbocycles. The molecule has 42 valence electrons. The maximum absolute atomic E-state index is 8.78. The Hall–Kier alpha value is -0.770. The average molecular weight is 104 g/mol. The number of nitrogens with one attached hydrogen (secondary N) is 1. The first-order valence-corrected chi connectivity index (χ1v) is 1.92. The lowest BCUT2D eigenvalue weighted by molar-refractivity contribution is 0.205. The van der Waals surface area contributed by atoms with Gasteiger partial charge in [0, 0.05) is 13.1 Å². The zero-order valence-corrected chi connectivity index (χ0v) is 3.85. The van der Waals surface area contributed by atoms with Gasteiger partial charge in [0.2, 0.25) is 0 Å². The first kappa shape index (κ1) is 6.23. The average Bonchev–Trinajstić information content (AvgIpc) is 2.02. The van der Waals surface area contributed by atoms with E-state index in [1.807, 2.05) is 0 Å². The molecule has 0 atom stereocenters. The first-order valence-electron chi connectivity index (χ1n) is 1.92. The highest BCUT2D eigenvalue weighted by Crippen LogP contribution is 1.65. The molecule has 0 aromatic carbocycles. The van der Waals surface area contributed by atoms with E-state index in [1.165, 1.54) is 13.1 Å². The van der Waals surface area contributed by atoms with Crippen LogP contribution in [0.5, 0.6) is 0 Å². The predicted octanol–water partition coefficient (Wildman–Crippen LogP) is -0.787. The van der Waals surface area contributed by atoms with Gasteiger partial charge in [-0.3, -0.25) is 0 Å². The normalized spacial score (nSPS) is 13.7. The van der Waals surface area contributed by atoms with Crippen molar-refractivity contribution < 1.29 is 9.90 Å². The zero-order chi connectivity index (χ0) is 5.70. The third-order valence-electron chi connectivity index (χ3n) is 0.250. The molecule has 7 heavy (non-hydrogen) atoms. The van der Waals surface area contributed by atoms with Crippen LogP contribution in [0.25, 0.3) is 0 Å². The molecule has 1 fully saturated rings. The molecule has 4 nitrogen and oxygen atoms in total. The first-order chi connectivity index (χ1) is 3.23. The van der Waals surface area contributed by atoms with Gasteiger partial charge in [0.1, 0.15) is 0 Å². The molecule has 0 spiro atoms. The minimum Gasteiger partial charge on any atom is -0.465 e. The quantitative estimate of drug-likeness (QED) is 0.352. The minimum atomic E-state index is -1.33. The largest absolute Gasteiger partial charge is 0.465 e. The van der Waals surface area contributed by atoms with E-state index >= 15 is 0 Å². The molecule has 0 radical (unpaired) electrons. The van der Waals surface area contributed by atoms with Gasteiger partial charge >= 0.3 is 6.09 Å². The van der Waals surface area contributed by atoms with Crippen LogP contribution in [0.4, 0.5) is 4.79 Å². The summed E-state index contributed by atoms with van der Waals surface area (Å²) in [6, 6.07) is 0. The van der Waals surface area contributed by atoms with Gasteiger partial charge in [-0.1, -0.05) is 0 Å². The van der Waals surface area contributed by atoms with Crippen molar-refractivity contribution in [1.82, 2.24) is 5.32 Å². The minimum absolute atomic E-state index is 1.25. The molecule has 0 unspecified atom stereocenters. The Bertz CT molecular complexity index is 55.2. The zero-order valence-electron chi connectivity index (χ0n) is 3.85. The van der Waals surface area contributed by atoms with Gasteiger partial charge in [0.15, 0.2) is 0 Å². The molecular formula is C3H8N2O2. The van der Waals surface area contributed by atoms with Gasteiger partial charge in [-0.2, -0.15) is 0 Å². The molecule has 1 saturated heterocycles. The lowest BCUT2D eigenvalue weighted by atomic mass is 11.0. The highest BCUT2D eigenvalue weighted by molar-refractivity contribution is 5.61. The highest BCUT2D eigenvalue weighted by Gasteiger charge is 1.91.